The molecule has 2 aromatic heterocycles. The summed E-state index contributed by atoms with van der Waals surface area (Å²) in [6.45, 7) is 4.74. The summed E-state index contributed by atoms with van der Waals surface area (Å²) in [4.78, 5) is 20.3. The number of carbonyl (C=O) groups excluding carboxylic acids is 1. The largest absolute Gasteiger partial charge is 0.352 e. The van der Waals surface area contributed by atoms with Gasteiger partial charge in [0, 0.05) is 38.6 Å². The number of rotatable bonds is 2. The average molecular weight is 298 g/mol. The first-order valence-corrected chi connectivity index (χ1v) is 7.23. The van der Waals surface area contributed by atoms with Gasteiger partial charge in [-0.2, -0.15) is 5.10 Å². The minimum atomic E-state index is -0.116. The molecule has 0 saturated carbocycles. The zero-order valence-corrected chi connectivity index (χ0v) is 12.4. The molecule has 0 spiro atoms. The molecule has 1 saturated heterocycles. The fraction of sp³-hybridized carbons (Fsp3) is 0.333. The van der Waals surface area contributed by atoms with Crippen molar-refractivity contribution >= 4 is 17.7 Å². The predicted molar refractivity (Wildman–Crippen MR) is 83.8 cm³/mol. The van der Waals surface area contributed by atoms with E-state index in [1.54, 1.807) is 17.3 Å². The van der Waals surface area contributed by atoms with Crippen molar-refractivity contribution in [2.75, 3.05) is 36.4 Å². The smallest absolute Gasteiger partial charge is 0.323 e. The molecule has 3 heterocycles. The van der Waals surface area contributed by atoms with E-state index in [4.69, 9.17) is 0 Å². The van der Waals surface area contributed by atoms with Gasteiger partial charge >= 0.3 is 6.03 Å². The summed E-state index contributed by atoms with van der Waals surface area (Å²) in [5.41, 5.74) is 1.07. The van der Waals surface area contributed by atoms with E-state index in [1.807, 2.05) is 31.2 Å². The quantitative estimate of drug-likeness (QED) is 0.910. The summed E-state index contributed by atoms with van der Waals surface area (Å²) in [7, 11) is 0. The normalized spacial score (nSPS) is 14.8. The number of hydrogen-bond donors (Lipinski definition) is 1. The van der Waals surface area contributed by atoms with Crippen LogP contribution in [-0.4, -0.2) is 52.3 Å². The molecule has 0 unspecified atom stereocenters. The number of urea groups is 1. The van der Waals surface area contributed by atoms with Gasteiger partial charge in [-0.25, -0.2) is 9.78 Å². The minimum Gasteiger partial charge on any atom is -0.352 e. The van der Waals surface area contributed by atoms with Crippen LogP contribution in [0.3, 0.4) is 0 Å². The Morgan fingerprint density at radius 1 is 1.18 bits per heavy atom. The number of aryl methyl sites for hydroxylation is 1. The van der Waals surface area contributed by atoms with Crippen molar-refractivity contribution < 1.29 is 4.79 Å². The number of aromatic nitrogens is 3. The number of nitrogens with one attached hydrogen (secondary N) is 1. The highest BCUT2D eigenvalue weighted by atomic mass is 16.2. The van der Waals surface area contributed by atoms with E-state index in [-0.39, 0.29) is 6.03 Å². The highest BCUT2D eigenvalue weighted by molar-refractivity contribution is 5.88. The van der Waals surface area contributed by atoms with E-state index in [0.29, 0.717) is 18.9 Å². The molecule has 0 radical (unpaired) electrons. The number of carbonyl (C=O) groups is 1. The van der Waals surface area contributed by atoms with Crippen molar-refractivity contribution in [2.45, 2.75) is 6.92 Å². The molecule has 0 aliphatic carbocycles. The third-order valence-electron chi connectivity index (χ3n) is 3.60. The maximum Gasteiger partial charge on any atom is 0.323 e. The summed E-state index contributed by atoms with van der Waals surface area (Å²) in [6, 6.07) is 7.41. The maximum atomic E-state index is 12.2. The van der Waals surface area contributed by atoms with Crippen LogP contribution < -0.4 is 10.2 Å². The van der Waals surface area contributed by atoms with Gasteiger partial charge in [-0.15, -0.1) is 5.10 Å². The standard InChI is InChI=1S/C15H18N6O/c1-12-4-5-13(16-11-12)18-15(22)21-9-7-20(8-10-21)14-3-2-6-17-19-14/h2-6,11H,7-10H2,1H3,(H,16,18,22). The molecule has 3 rings (SSSR count). The molecular weight excluding hydrogens is 280 g/mol. The number of amides is 2. The fourth-order valence-electron chi connectivity index (χ4n) is 2.33. The molecule has 0 atom stereocenters. The van der Waals surface area contributed by atoms with Gasteiger partial charge in [-0.05, 0) is 30.7 Å². The van der Waals surface area contributed by atoms with Crippen LogP contribution in [0.1, 0.15) is 5.56 Å². The lowest BCUT2D eigenvalue weighted by Crippen LogP contribution is -2.50. The molecule has 0 aromatic carbocycles. The number of pyridine rings is 1. The van der Waals surface area contributed by atoms with E-state index in [0.717, 1.165) is 24.5 Å². The van der Waals surface area contributed by atoms with Crippen LogP contribution in [0.25, 0.3) is 0 Å². The number of piperazine rings is 1. The van der Waals surface area contributed by atoms with Crippen LogP contribution in [-0.2, 0) is 0 Å². The van der Waals surface area contributed by atoms with E-state index >= 15 is 0 Å². The SMILES string of the molecule is Cc1ccc(NC(=O)N2CCN(c3cccnn3)CC2)nc1. The third kappa shape index (κ3) is 3.30. The van der Waals surface area contributed by atoms with E-state index in [2.05, 4.69) is 25.4 Å². The first-order chi connectivity index (χ1) is 10.7. The fourth-order valence-corrected chi connectivity index (χ4v) is 2.33. The molecule has 1 aliphatic rings. The van der Waals surface area contributed by atoms with Crippen molar-refractivity contribution in [3.8, 4) is 0 Å². The Kier molecular flexibility index (Phi) is 4.13. The Morgan fingerprint density at radius 2 is 2.00 bits per heavy atom. The van der Waals surface area contributed by atoms with Gasteiger partial charge < -0.3 is 9.80 Å². The molecule has 1 aliphatic heterocycles. The zero-order chi connectivity index (χ0) is 15.4. The third-order valence-corrected chi connectivity index (χ3v) is 3.60. The predicted octanol–water partition coefficient (Wildman–Crippen LogP) is 1.53. The lowest BCUT2D eigenvalue weighted by atomic mass is 10.3. The van der Waals surface area contributed by atoms with Gasteiger partial charge in [-0.3, -0.25) is 5.32 Å². The van der Waals surface area contributed by atoms with Gasteiger partial charge in [0.1, 0.15) is 5.82 Å². The Hall–Kier alpha value is -2.70. The lowest BCUT2D eigenvalue weighted by Gasteiger charge is -2.34. The summed E-state index contributed by atoms with van der Waals surface area (Å²) in [5.74, 6) is 1.43. The molecule has 7 heteroatoms. The van der Waals surface area contributed by atoms with Gasteiger partial charge in [0.25, 0.3) is 0 Å². The summed E-state index contributed by atoms with van der Waals surface area (Å²) in [5, 5.41) is 10.8. The van der Waals surface area contributed by atoms with Crippen LogP contribution in [0.4, 0.5) is 16.4 Å². The first-order valence-electron chi connectivity index (χ1n) is 7.23. The van der Waals surface area contributed by atoms with Crippen LogP contribution in [0.15, 0.2) is 36.7 Å². The highest BCUT2D eigenvalue weighted by Gasteiger charge is 2.22. The molecule has 22 heavy (non-hydrogen) atoms. The summed E-state index contributed by atoms with van der Waals surface area (Å²) in [6.07, 6.45) is 3.39. The van der Waals surface area contributed by atoms with Gasteiger partial charge in [-0.1, -0.05) is 6.07 Å². The molecule has 0 bridgehead atoms. The molecule has 2 amide bonds. The van der Waals surface area contributed by atoms with Crippen molar-refractivity contribution in [1.29, 1.82) is 0 Å². The topological polar surface area (TPSA) is 74.2 Å². The summed E-state index contributed by atoms with van der Waals surface area (Å²) < 4.78 is 0. The van der Waals surface area contributed by atoms with E-state index in [9.17, 15) is 4.79 Å². The van der Waals surface area contributed by atoms with Gasteiger partial charge in [0.05, 0.1) is 0 Å². The monoisotopic (exact) mass is 298 g/mol. The molecule has 2 aromatic rings. The first kappa shape index (κ1) is 14.2. The van der Waals surface area contributed by atoms with Crippen molar-refractivity contribution in [3.05, 3.63) is 42.2 Å². The van der Waals surface area contributed by atoms with Crippen LogP contribution in [0, 0.1) is 6.92 Å². The van der Waals surface area contributed by atoms with Crippen molar-refractivity contribution in [2.24, 2.45) is 0 Å². The Balaban J connectivity index is 1.54. The molecule has 1 N–H and O–H groups in total. The molecule has 7 nitrogen and oxygen atoms in total. The average Bonchev–Trinajstić information content (AvgIpc) is 2.58. The van der Waals surface area contributed by atoms with Gasteiger partial charge in [0.2, 0.25) is 0 Å². The minimum absolute atomic E-state index is 0.116. The van der Waals surface area contributed by atoms with E-state index < -0.39 is 0 Å². The van der Waals surface area contributed by atoms with E-state index in [1.165, 1.54) is 0 Å². The number of anilines is 2. The molecule has 1 fully saturated rings. The second-order valence-corrected chi connectivity index (χ2v) is 5.21. The van der Waals surface area contributed by atoms with Crippen LogP contribution in [0.5, 0.6) is 0 Å². The maximum absolute atomic E-state index is 12.2. The summed E-state index contributed by atoms with van der Waals surface area (Å²) >= 11 is 0. The number of hydrogen-bond acceptors (Lipinski definition) is 5. The highest BCUT2D eigenvalue weighted by Crippen LogP contribution is 2.13. The second kappa shape index (κ2) is 6.38. The van der Waals surface area contributed by atoms with Crippen molar-refractivity contribution in [3.63, 3.8) is 0 Å². The molecular formula is C15H18N6O. The van der Waals surface area contributed by atoms with Crippen LogP contribution in [0.2, 0.25) is 0 Å². The molecule has 114 valence electrons. The van der Waals surface area contributed by atoms with Crippen molar-refractivity contribution in [1.82, 2.24) is 20.1 Å². The number of nitrogens with zero attached hydrogens (tertiary/aromatic N) is 5. The zero-order valence-electron chi connectivity index (χ0n) is 12.4. The Morgan fingerprint density at radius 3 is 2.64 bits per heavy atom. The Labute approximate surface area is 129 Å². The van der Waals surface area contributed by atoms with Crippen LogP contribution >= 0.6 is 0 Å². The van der Waals surface area contributed by atoms with Gasteiger partial charge in [0.15, 0.2) is 5.82 Å². The Bertz CT molecular complexity index is 622. The lowest BCUT2D eigenvalue weighted by molar-refractivity contribution is 0.208. The second-order valence-electron chi connectivity index (χ2n) is 5.21.